The van der Waals surface area contributed by atoms with Crippen LogP contribution in [0.1, 0.15) is 19.4 Å². The molecular formula is C12H21Cl2N3O. The van der Waals surface area contributed by atoms with Gasteiger partial charge in [-0.3, -0.25) is 9.78 Å². The van der Waals surface area contributed by atoms with E-state index < -0.39 is 6.04 Å². The van der Waals surface area contributed by atoms with Gasteiger partial charge >= 0.3 is 0 Å². The summed E-state index contributed by atoms with van der Waals surface area (Å²) in [6.07, 6.45) is 3.44. The molecule has 18 heavy (non-hydrogen) atoms. The molecule has 1 aromatic heterocycles. The van der Waals surface area contributed by atoms with Crippen molar-refractivity contribution in [2.75, 3.05) is 7.05 Å². The van der Waals surface area contributed by atoms with Gasteiger partial charge in [-0.15, -0.1) is 24.8 Å². The number of aromatic nitrogens is 1. The molecule has 1 heterocycles. The highest BCUT2D eigenvalue weighted by molar-refractivity contribution is 5.85. The van der Waals surface area contributed by atoms with Crippen molar-refractivity contribution >= 4 is 30.7 Å². The minimum absolute atomic E-state index is 0. The van der Waals surface area contributed by atoms with Gasteiger partial charge in [0.2, 0.25) is 5.91 Å². The zero-order chi connectivity index (χ0) is 12.1. The highest BCUT2D eigenvalue weighted by atomic mass is 35.5. The number of likely N-dealkylation sites (N-methyl/N-ethyl adjacent to an activating group) is 1. The first-order valence-corrected chi connectivity index (χ1v) is 5.42. The first-order chi connectivity index (χ1) is 7.52. The Morgan fingerprint density at radius 3 is 2.28 bits per heavy atom. The molecule has 0 aromatic carbocycles. The maximum Gasteiger partial charge on any atom is 0.239 e. The summed E-state index contributed by atoms with van der Waals surface area (Å²) in [6, 6.07) is 3.36. The lowest BCUT2D eigenvalue weighted by molar-refractivity contribution is -0.132. The van der Waals surface area contributed by atoms with Crippen LogP contribution >= 0.6 is 24.8 Å². The van der Waals surface area contributed by atoms with Crippen molar-refractivity contribution < 1.29 is 4.79 Å². The second-order valence-corrected chi connectivity index (χ2v) is 4.32. The molecule has 0 saturated carbocycles. The Bertz CT molecular complexity index is 346. The Kier molecular flexibility index (Phi) is 9.90. The molecule has 0 unspecified atom stereocenters. The van der Waals surface area contributed by atoms with Crippen LogP contribution in [0.2, 0.25) is 0 Å². The molecule has 6 heteroatoms. The number of nitrogens with zero attached hydrogens (tertiary/aromatic N) is 2. The van der Waals surface area contributed by atoms with Gasteiger partial charge in [0.25, 0.3) is 0 Å². The minimum atomic E-state index is -0.424. The zero-order valence-corrected chi connectivity index (χ0v) is 12.5. The third kappa shape index (κ3) is 5.67. The van der Waals surface area contributed by atoms with Gasteiger partial charge < -0.3 is 10.6 Å². The Hall–Kier alpha value is -0.840. The predicted molar refractivity (Wildman–Crippen MR) is 78.0 cm³/mol. The number of halogens is 2. The molecule has 1 rings (SSSR count). The molecule has 0 aliphatic carbocycles. The highest BCUT2D eigenvalue weighted by Crippen LogP contribution is 2.06. The number of rotatable bonds is 4. The van der Waals surface area contributed by atoms with E-state index in [1.165, 1.54) is 0 Å². The van der Waals surface area contributed by atoms with Gasteiger partial charge in [0.15, 0.2) is 0 Å². The number of hydrogen-bond acceptors (Lipinski definition) is 3. The maximum absolute atomic E-state index is 11.9. The average molecular weight is 294 g/mol. The van der Waals surface area contributed by atoms with Gasteiger partial charge in [0.1, 0.15) is 0 Å². The molecule has 2 N–H and O–H groups in total. The summed E-state index contributed by atoms with van der Waals surface area (Å²) >= 11 is 0. The first kappa shape index (κ1) is 19.5. The van der Waals surface area contributed by atoms with Crippen LogP contribution in [-0.4, -0.2) is 28.9 Å². The van der Waals surface area contributed by atoms with E-state index in [9.17, 15) is 4.79 Å². The summed E-state index contributed by atoms with van der Waals surface area (Å²) in [6.45, 7) is 4.47. The van der Waals surface area contributed by atoms with E-state index in [0.29, 0.717) is 6.54 Å². The molecular weight excluding hydrogens is 273 g/mol. The average Bonchev–Trinajstić information content (AvgIpc) is 2.28. The maximum atomic E-state index is 11.9. The number of nitrogens with two attached hydrogens (primary N) is 1. The van der Waals surface area contributed by atoms with Crippen LogP contribution in [0.25, 0.3) is 0 Å². The molecule has 0 aliphatic rings. The second-order valence-electron chi connectivity index (χ2n) is 4.32. The van der Waals surface area contributed by atoms with Gasteiger partial charge in [-0.1, -0.05) is 13.8 Å². The molecule has 1 amide bonds. The molecule has 0 bridgehead atoms. The van der Waals surface area contributed by atoms with Crippen LogP contribution in [0.3, 0.4) is 0 Å². The van der Waals surface area contributed by atoms with Crippen molar-refractivity contribution in [3.63, 3.8) is 0 Å². The minimum Gasteiger partial charge on any atom is -0.340 e. The van der Waals surface area contributed by atoms with Crippen molar-refractivity contribution in [2.24, 2.45) is 11.7 Å². The normalized spacial score (nSPS) is 11.2. The van der Waals surface area contributed by atoms with Gasteiger partial charge in [-0.2, -0.15) is 0 Å². The smallest absolute Gasteiger partial charge is 0.239 e. The SMILES string of the molecule is CC(C)[C@H](N)C(=O)N(C)Cc1ccncc1.Cl.Cl. The third-order valence-electron chi connectivity index (χ3n) is 2.55. The Labute approximate surface area is 121 Å². The van der Waals surface area contributed by atoms with Crippen LogP contribution in [0.15, 0.2) is 24.5 Å². The van der Waals surface area contributed by atoms with E-state index in [-0.39, 0.29) is 36.6 Å². The lowest BCUT2D eigenvalue weighted by Crippen LogP contribution is -2.44. The van der Waals surface area contributed by atoms with E-state index >= 15 is 0 Å². The highest BCUT2D eigenvalue weighted by Gasteiger charge is 2.20. The summed E-state index contributed by atoms with van der Waals surface area (Å²) in [7, 11) is 1.77. The molecule has 4 nitrogen and oxygen atoms in total. The molecule has 0 saturated heterocycles. The molecule has 0 spiro atoms. The van der Waals surface area contributed by atoms with Crippen molar-refractivity contribution in [1.82, 2.24) is 9.88 Å². The van der Waals surface area contributed by atoms with Crippen molar-refractivity contribution in [2.45, 2.75) is 26.4 Å². The Morgan fingerprint density at radius 1 is 1.33 bits per heavy atom. The quantitative estimate of drug-likeness (QED) is 0.922. The second kappa shape index (κ2) is 9.14. The third-order valence-corrected chi connectivity index (χ3v) is 2.55. The largest absolute Gasteiger partial charge is 0.340 e. The van der Waals surface area contributed by atoms with Crippen LogP contribution in [0.4, 0.5) is 0 Å². The first-order valence-electron chi connectivity index (χ1n) is 5.42. The number of hydrogen-bond donors (Lipinski definition) is 1. The summed E-state index contributed by atoms with van der Waals surface area (Å²) in [5.74, 6) is 0.138. The van der Waals surface area contributed by atoms with E-state index in [4.69, 9.17) is 5.73 Å². The monoisotopic (exact) mass is 293 g/mol. The van der Waals surface area contributed by atoms with E-state index in [2.05, 4.69) is 4.98 Å². The fourth-order valence-corrected chi connectivity index (χ4v) is 1.38. The number of carbonyl (C=O) groups excluding carboxylic acids is 1. The Morgan fingerprint density at radius 2 is 1.83 bits per heavy atom. The molecule has 104 valence electrons. The van der Waals surface area contributed by atoms with Gasteiger partial charge in [0, 0.05) is 26.0 Å². The summed E-state index contributed by atoms with van der Waals surface area (Å²) in [5.41, 5.74) is 6.87. The van der Waals surface area contributed by atoms with E-state index in [1.54, 1.807) is 24.3 Å². The zero-order valence-electron chi connectivity index (χ0n) is 10.9. The molecule has 0 aliphatic heterocycles. The van der Waals surface area contributed by atoms with Gasteiger partial charge in [-0.05, 0) is 23.6 Å². The van der Waals surface area contributed by atoms with Gasteiger partial charge in [0.05, 0.1) is 6.04 Å². The van der Waals surface area contributed by atoms with Crippen LogP contribution in [0.5, 0.6) is 0 Å². The van der Waals surface area contributed by atoms with Crippen molar-refractivity contribution in [1.29, 1.82) is 0 Å². The standard InChI is InChI=1S/C12H19N3O.2ClH/c1-9(2)11(13)12(16)15(3)8-10-4-6-14-7-5-10;;/h4-7,9,11H,8,13H2,1-3H3;2*1H/t11-;;/m0../s1. The molecule has 1 atom stereocenters. The van der Waals surface area contributed by atoms with E-state index in [0.717, 1.165) is 5.56 Å². The topological polar surface area (TPSA) is 59.2 Å². The summed E-state index contributed by atoms with van der Waals surface area (Å²) < 4.78 is 0. The predicted octanol–water partition coefficient (Wildman–Crippen LogP) is 1.87. The lowest BCUT2D eigenvalue weighted by atomic mass is 10.0. The summed E-state index contributed by atoms with van der Waals surface area (Å²) in [5, 5.41) is 0. The number of carbonyl (C=O) groups is 1. The number of amides is 1. The lowest BCUT2D eigenvalue weighted by Gasteiger charge is -2.23. The van der Waals surface area contributed by atoms with Crippen molar-refractivity contribution in [3.05, 3.63) is 30.1 Å². The molecule has 0 fully saturated rings. The van der Waals surface area contributed by atoms with Crippen LogP contribution < -0.4 is 5.73 Å². The fourth-order valence-electron chi connectivity index (χ4n) is 1.38. The number of pyridine rings is 1. The van der Waals surface area contributed by atoms with Crippen LogP contribution in [0, 0.1) is 5.92 Å². The summed E-state index contributed by atoms with van der Waals surface area (Å²) in [4.78, 5) is 17.5. The van der Waals surface area contributed by atoms with E-state index in [1.807, 2.05) is 26.0 Å². The molecule has 1 aromatic rings. The van der Waals surface area contributed by atoms with Gasteiger partial charge in [-0.25, -0.2) is 0 Å². The van der Waals surface area contributed by atoms with Crippen molar-refractivity contribution in [3.8, 4) is 0 Å². The fraction of sp³-hybridized carbons (Fsp3) is 0.500. The van der Waals surface area contributed by atoms with Crippen LogP contribution in [-0.2, 0) is 11.3 Å². The molecule has 0 radical (unpaired) electrons. The Balaban J connectivity index is 0.